The molecule has 1 saturated heterocycles. The first-order valence-electron chi connectivity index (χ1n) is 3.31. The smallest absolute Gasteiger partial charge is 0.272 e. The SMILES string of the molecule is C=C1OCC(CCC)O1. The van der Waals surface area contributed by atoms with Crippen LogP contribution in [0.5, 0.6) is 0 Å². The minimum atomic E-state index is 0.266. The second kappa shape index (κ2) is 2.76. The molecule has 0 N–H and O–H groups in total. The van der Waals surface area contributed by atoms with Crippen molar-refractivity contribution in [2.24, 2.45) is 0 Å². The van der Waals surface area contributed by atoms with Crippen molar-refractivity contribution in [3.05, 3.63) is 12.5 Å². The molecule has 2 heteroatoms. The Morgan fingerprint density at radius 2 is 2.56 bits per heavy atom. The Bertz CT molecular complexity index is 109. The highest BCUT2D eigenvalue weighted by Gasteiger charge is 2.18. The molecular weight excluding hydrogens is 116 g/mol. The lowest BCUT2D eigenvalue weighted by Gasteiger charge is -2.02. The topological polar surface area (TPSA) is 18.5 Å². The van der Waals surface area contributed by atoms with Crippen molar-refractivity contribution in [1.29, 1.82) is 0 Å². The summed E-state index contributed by atoms with van der Waals surface area (Å²) in [5.74, 6) is 0.480. The summed E-state index contributed by atoms with van der Waals surface area (Å²) >= 11 is 0. The number of hydrogen-bond acceptors (Lipinski definition) is 2. The Kier molecular flexibility index (Phi) is 1.98. The molecule has 0 saturated carbocycles. The van der Waals surface area contributed by atoms with Gasteiger partial charge in [0.2, 0.25) is 0 Å². The first-order chi connectivity index (χ1) is 4.33. The van der Waals surface area contributed by atoms with Crippen LogP contribution in [0.2, 0.25) is 0 Å². The van der Waals surface area contributed by atoms with E-state index in [0.29, 0.717) is 12.6 Å². The van der Waals surface area contributed by atoms with Crippen molar-refractivity contribution in [3.8, 4) is 0 Å². The molecule has 0 aliphatic carbocycles. The maximum absolute atomic E-state index is 5.18. The predicted octanol–water partition coefficient (Wildman–Crippen LogP) is 1.67. The molecule has 9 heavy (non-hydrogen) atoms. The number of hydrogen-bond donors (Lipinski definition) is 0. The molecule has 2 nitrogen and oxygen atoms in total. The molecule has 1 rings (SSSR count). The summed E-state index contributed by atoms with van der Waals surface area (Å²) in [6.07, 6.45) is 2.47. The van der Waals surface area contributed by atoms with Gasteiger partial charge in [0.25, 0.3) is 5.95 Å². The van der Waals surface area contributed by atoms with Crippen molar-refractivity contribution in [3.63, 3.8) is 0 Å². The fraction of sp³-hybridized carbons (Fsp3) is 0.714. The zero-order chi connectivity index (χ0) is 6.69. The zero-order valence-electron chi connectivity index (χ0n) is 5.72. The van der Waals surface area contributed by atoms with E-state index in [4.69, 9.17) is 9.47 Å². The second-order valence-corrected chi connectivity index (χ2v) is 2.21. The average molecular weight is 128 g/mol. The van der Waals surface area contributed by atoms with E-state index in [9.17, 15) is 0 Å². The third kappa shape index (κ3) is 1.63. The molecule has 0 aromatic heterocycles. The zero-order valence-corrected chi connectivity index (χ0v) is 5.72. The van der Waals surface area contributed by atoms with Crippen molar-refractivity contribution < 1.29 is 9.47 Å². The van der Waals surface area contributed by atoms with E-state index in [0.717, 1.165) is 12.8 Å². The molecule has 0 aromatic carbocycles. The molecule has 0 aromatic rings. The third-order valence-electron chi connectivity index (χ3n) is 1.34. The highest BCUT2D eigenvalue weighted by molar-refractivity contribution is 4.78. The molecule has 1 heterocycles. The van der Waals surface area contributed by atoms with Crippen molar-refractivity contribution >= 4 is 0 Å². The molecule has 0 bridgehead atoms. The third-order valence-corrected chi connectivity index (χ3v) is 1.34. The molecule has 52 valence electrons. The minimum Gasteiger partial charge on any atom is -0.462 e. The summed E-state index contributed by atoms with van der Waals surface area (Å²) in [5, 5.41) is 0. The summed E-state index contributed by atoms with van der Waals surface area (Å²) in [5.41, 5.74) is 0. The van der Waals surface area contributed by atoms with Gasteiger partial charge in [0, 0.05) is 0 Å². The minimum absolute atomic E-state index is 0.266. The van der Waals surface area contributed by atoms with Gasteiger partial charge in [-0.2, -0.15) is 0 Å². The van der Waals surface area contributed by atoms with Crippen molar-refractivity contribution in [2.45, 2.75) is 25.9 Å². The Balaban J connectivity index is 2.22. The molecule has 1 aliphatic heterocycles. The van der Waals surface area contributed by atoms with Crippen LogP contribution in [0, 0.1) is 0 Å². The van der Waals surface area contributed by atoms with E-state index in [1.54, 1.807) is 0 Å². The molecule has 0 amide bonds. The van der Waals surface area contributed by atoms with Crippen LogP contribution in [0.15, 0.2) is 12.5 Å². The molecule has 1 unspecified atom stereocenters. The van der Waals surface area contributed by atoms with Gasteiger partial charge < -0.3 is 9.47 Å². The quantitative estimate of drug-likeness (QED) is 0.563. The van der Waals surface area contributed by atoms with E-state index in [1.165, 1.54) is 0 Å². The van der Waals surface area contributed by atoms with Gasteiger partial charge in [0.15, 0.2) is 0 Å². The fourth-order valence-corrected chi connectivity index (χ4v) is 0.904. The van der Waals surface area contributed by atoms with E-state index in [2.05, 4.69) is 13.5 Å². The summed E-state index contributed by atoms with van der Waals surface area (Å²) in [7, 11) is 0. The van der Waals surface area contributed by atoms with Crippen LogP contribution in [0.25, 0.3) is 0 Å². The van der Waals surface area contributed by atoms with Gasteiger partial charge in [-0.1, -0.05) is 13.3 Å². The highest BCUT2D eigenvalue weighted by atomic mass is 16.7. The van der Waals surface area contributed by atoms with Gasteiger partial charge >= 0.3 is 0 Å². The molecule has 1 atom stereocenters. The van der Waals surface area contributed by atoms with Crippen LogP contribution >= 0.6 is 0 Å². The normalized spacial score (nSPS) is 25.4. The molecule has 0 spiro atoms. The van der Waals surface area contributed by atoms with Crippen LogP contribution in [-0.2, 0) is 9.47 Å². The van der Waals surface area contributed by atoms with Crippen LogP contribution in [0.1, 0.15) is 19.8 Å². The largest absolute Gasteiger partial charge is 0.462 e. The average Bonchev–Trinajstić information content (AvgIpc) is 2.17. The summed E-state index contributed by atoms with van der Waals surface area (Å²) in [6.45, 7) is 6.36. The van der Waals surface area contributed by atoms with Gasteiger partial charge in [-0.15, -0.1) is 0 Å². The Labute approximate surface area is 55.5 Å². The van der Waals surface area contributed by atoms with Gasteiger partial charge in [-0.3, -0.25) is 0 Å². The molecule has 1 aliphatic rings. The second-order valence-electron chi connectivity index (χ2n) is 2.21. The van der Waals surface area contributed by atoms with Crippen molar-refractivity contribution in [1.82, 2.24) is 0 Å². The maximum Gasteiger partial charge on any atom is 0.272 e. The summed E-state index contributed by atoms with van der Waals surface area (Å²) in [4.78, 5) is 0. The van der Waals surface area contributed by atoms with Gasteiger partial charge in [0.05, 0.1) is 0 Å². The lowest BCUT2D eigenvalue weighted by Crippen LogP contribution is -2.07. The van der Waals surface area contributed by atoms with Crippen LogP contribution in [0.4, 0.5) is 0 Å². The lowest BCUT2D eigenvalue weighted by atomic mass is 10.2. The van der Waals surface area contributed by atoms with Gasteiger partial charge in [-0.05, 0) is 13.0 Å². The van der Waals surface area contributed by atoms with Crippen molar-refractivity contribution in [2.75, 3.05) is 6.61 Å². The fourth-order valence-electron chi connectivity index (χ4n) is 0.904. The Morgan fingerprint density at radius 3 is 3.00 bits per heavy atom. The lowest BCUT2D eigenvalue weighted by molar-refractivity contribution is 0.138. The van der Waals surface area contributed by atoms with Crippen LogP contribution < -0.4 is 0 Å². The van der Waals surface area contributed by atoms with E-state index in [-0.39, 0.29) is 6.10 Å². The van der Waals surface area contributed by atoms with Gasteiger partial charge in [0.1, 0.15) is 12.7 Å². The summed E-state index contributed by atoms with van der Waals surface area (Å²) < 4.78 is 10.2. The van der Waals surface area contributed by atoms with Crippen LogP contribution in [0.3, 0.4) is 0 Å². The number of rotatable bonds is 2. The molecule has 0 radical (unpaired) electrons. The molecule has 1 fully saturated rings. The Morgan fingerprint density at radius 1 is 1.78 bits per heavy atom. The standard InChI is InChI=1S/C7H12O2/c1-3-4-7-5-8-6(2)9-7/h7H,2-5H2,1H3. The number of ether oxygens (including phenoxy) is 2. The van der Waals surface area contributed by atoms with E-state index in [1.807, 2.05) is 0 Å². The van der Waals surface area contributed by atoms with Gasteiger partial charge in [-0.25, -0.2) is 0 Å². The van der Waals surface area contributed by atoms with E-state index >= 15 is 0 Å². The van der Waals surface area contributed by atoms with E-state index < -0.39 is 0 Å². The first kappa shape index (κ1) is 6.46. The van der Waals surface area contributed by atoms with Crippen LogP contribution in [-0.4, -0.2) is 12.7 Å². The molecular formula is C7H12O2. The highest BCUT2D eigenvalue weighted by Crippen LogP contribution is 2.16. The maximum atomic E-state index is 5.18. The first-order valence-corrected chi connectivity index (χ1v) is 3.31. The Hall–Kier alpha value is -0.660. The summed E-state index contributed by atoms with van der Waals surface area (Å²) in [6, 6.07) is 0. The predicted molar refractivity (Wildman–Crippen MR) is 34.9 cm³/mol. The monoisotopic (exact) mass is 128 g/mol.